The molecule has 4 rings (SSSR count). The Morgan fingerprint density at radius 1 is 1.29 bits per heavy atom. The predicted molar refractivity (Wildman–Crippen MR) is 108 cm³/mol. The minimum Gasteiger partial charge on any atom is -0.480 e. The SMILES string of the molecule is O=CNC1CSC=c2c1c1c(n2Cc2ccccc2)=CC=CC1OCC(=O)O. The summed E-state index contributed by atoms with van der Waals surface area (Å²) < 4.78 is 7.89. The Bertz CT molecular complexity index is 1040. The first-order valence-corrected chi connectivity index (χ1v) is 10.0. The van der Waals surface area contributed by atoms with Gasteiger partial charge >= 0.3 is 5.97 Å². The molecule has 0 bridgehead atoms. The number of amides is 1. The Morgan fingerprint density at radius 2 is 2.11 bits per heavy atom. The van der Waals surface area contributed by atoms with Crippen molar-refractivity contribution in [3.63, 3.8) is 0 Å². The van der Waals surface area contributed by atoms with Crippen LogP contribution in [-0.2, 0) is 20.9 Å². The molecule has 0 spiro atoms. The number of carboxylic acid groups (broad SMARTS) is 1. The molecule has 7 heteroatoms. The highest BCUT2D eigenvalue weighted by molar-refractivity contribution is 8.06. The number of nitrogens with one attached hydrogen (secondary N) is 1. The van der Waals surface area contributed by atoms with Crippen LogP contribution in [0.4, 0.5) is 0 Å². The first-order chi connectivity index (χ1) is 13.7. The molecular weight excluding hydrogens is 376 g/mol. The Morgan fingerprint density at radius 3 is 2.86 bits per heavy atom. The summed E-state index contributed by atoms with van der Waals surface area (Å²) in [5, 5.41) is 16.1. The monoisotopic (exact) mass is 396 g/mol. The number of hydrogen-bond acceptors (Lipinski definition) is 4. The van der Waals surface area contributed by atoms with Gasteiger partial charge in [0.25, 0.3) is 0 Å². The average molecular weight is 396 g/mol. The quantitative estimate of drug-likeness (QED) is 0.690. The van der Waals surface area contributed by atoms with E-state index in [0.29, 0.717) is 6.54 Å². The molecule has 2 atom stereocenters. The molecule has 1 aromatic heterocycles. The molecule has 2 unspecified atom stereocenters. The van der Waals surface area contributed by atoms with Crippen molar-refractivity contribution in [3.8, 4) is 0 Å². The van der Waals surface area contributed by atoms with Crippen LogP contribution in [0.15, 0.2) is 42.5 Å². The molecule has 2 N–H and O–H groups in total. The minimum atomic E-state index is -1.01. The van der Waals surface area contributed by atoms with E-state index >= 15 is 0 Å². The van der Waals surface area contributed by atoms with Crippen molar-refractivity contribution in [2.24, 2.45) is 0 Å². The number of rotatable bonds is 7. The standard InChI is InChI=1S/C21H20N2O4S/c24-13-22-15-11-28-12-17-20(15)21-16(7-4-8-18(21)27-10-19(25)26)23(17)9-14-5-2-1-3-6-14/h1-8,12-13,15,18H,9-11H2,(H,22,24)(H,25,26). The first kappa shape index (κ1) is 18.6. The fraction of sp³-hybridized carbons (Fsp3) is 0.238. The molecule has 1 aromatic carbocycles. The van der Waals surface area contributed by atoms with Crippen LogP contribution in [0.1, 0.15) is 28.8 Å². The maximum absolute atomic E-state index is 11.2. The number of carboxylic acids is 1. The van der Waals surface area contributed by atoms with Crippen LogP contribution in [0, 0.1) is 0 Å². The number of hydrogen-bond donors (Lipinski definition) is 2. The van der Waals surface area contributed by atoms with Gasteiger partial charge in [-0.15, -0.1) is 11.8 Å². The summed E-state index contributed by atoms with van der Waals surface area (Å²) >= 11 is 1.66. The highest BCUT2D eigenvalue weighted by Crippen LogP contribution is 2.30. The minimum absolute atomic E-state index is 0.149. The van der Waals surface area contributed by atoms with Gasteiger partial charge in [-0.2, -0.15) is 0 Å². The normalized spacial score (nSPS) is 19.7. The van der Waals surface area contributed by atoms with Crippen LogP contribution in [0.3, 0.4) is 0 Å². The molecule has 6 nitrogen and oxygen atoms in total. The van der Waals surface area contributed by atoms with E-state index in [1.54, 1.807) is 11.8 Å². The summed E-state index contributed by atoms with van der Waals surface area (Å²) in [6.07, 6.45) is 6.04. The molecule has 1 aliphatic carbocycles. The van der Waals surface area contributed by atoms with E-state index in [1.165, 1.54) is 0 Å². The van der Waals surface area contributed by atoms with Crippen molar-refractivity contribution in [3.05, 3.63) is 69.9 Å². The molecule has 2 aliphatic rings. The zero-order valence-electron chi connectivity index (χ0n) is 15.1. The van der Waals surface area contributed by atoms with E-state index in [1.807, 2.05) is 36.4 Å². The number of nitrogens with zero attached hydrogens (tertiary/aromatic N) is 1. The van der Waals surface area contributed by atoms with Crippen LogP contribution < -0.4 is 16.0 Å². The van der Waals surface area contributed by atoms with Gasteiger partial charge in [-0.1, -0.05) is 42.5 Å². The second-order valence-electron chi connectivity index (χ2n) is 6.63. The third-order valence-electron chi connectivity index (χ3n) is 4.89. The van der Waals surface area contributed by atoms with E-state index in [-0.39, 0.29) is 12.6 Å². The van der Waals surface area contributed by atoms with Crippen LogP contribution in [-0.4, -0.2) is 34.4 Å². The van der Waals surface area contributed by atoms with Gasteiger partial charge in [-0.3, -0.25) is 4.79 Å². The van der Waals surface area contributed by atoms with Crippen molar-refractivity contribution in [2.75, 3.05) is 12.4 Å². The zero-order chi connectivity index (χ0) is 19.5. The second-order valence-corrected chi connectivity index (χ2v) is 7.54. The lowest BCUT2D eigenvalue weighted by Gasteiger charge is -2.23. The summed E-state index contributed by atoms with van der Waals surface area (Å²) in [5.74, 6) is -0.283. The summed E-state index contributed by atoms with van der Waals surface area (Å²) in [5.41, 5.74) is 3.11. The Labute approximate surface area is 166 Å². The lowest BCUT2D eigenvalue weighted by molar-refractivity contribution is -0.143. The van der Waals surface area contributed by atoms with E-state index in [9.17, 15) is 9.59 Å². The van der Waals surface area contributed by atoms with E-state index in [0.717, 1.165) is 39.6 Å². The van der Waals surface area contributed by atoms with Crippen LogP contribution in [0.5, 0.6) is 0 Å². The molecule has 2 heterocycles. The molecule has 2 aromatic rings. The number of allylic oxidation sites excluding steroid dienone is 1. The number of fused-ring (bicyclic) bond motifs is 3. The van der Waals surface area contributed by atoms with Gasteiger partial charge in [0.05, 0.1) is 11.4 Å². The molecule has 1 amide bonds. The van der Waals surface area contributed by atoms with Gasteiger partial charge in [0.2, 0.25) is 6.41 Å². The fourth-order valence-electron chi connectivity index (χ4n) is 3.77. The van der Waals surface area contributed by atoms with E-state index in [4.69, 9.17) is 9.84 Å². The van der Waals surface area contributed by atoms with Gasteiger partial charge in [-0.25, -0.2) is 4.79 Å². The Kier molecular flexibility index (Phi) is 5.36. The van der Waals surface area contributed by atoms with Crippen molar-refractivity contribution < 1.29 is 19.4 Å². The maximum atomic E-state index is 11.2. The van der Waals surface area contributed by atoms with Gasteiger partial charge < -0.3 is 19.7 Å². The zero-order valence-corrected chi connectivity index (χ0v) is 15.9. The molecule has 0 saturated carbocycles. The van der Waals surface area contributed by atoms with Crippen LogP contribution in [0.25, 0.3) is 11.5 Å². The number of carbonyl (C=O) groups excluding carboxylic acids is 1. The van der Waals surface area contributed by atoms with Gasteiger partial charge in [-0.05, 0) is 17.0 Å². The lowest BCUT2D eigenvalue weighted by atomic mass is 9.98. The smallest absolute Gasteiger partial charge is 0.329 e. The number of ether oxygens (including phenoxy) is 1. The van der Waals surface area contributed by atoms with Crippen LogP contribution in [0.2, 0.25) is 0 Å². The Hall–Kier alpha value is -2.77. The lowest BCUT2D eigenvalue weighted by Crippen LogP contribution is -2.33. The summed E-state index contributed by atoms with van der Waals surface area (Å²) in [7, 11) is 0. The summed E-state index contributed by atoms with van der Waals surface area (Å²) in [6, 6.07) is 10.0. The maximum Gasteiger partial charge on any atom is 0.329 e. The molecule has 0 saturated heterocycles. The summed E-state index contributed by atoms with van der Waals surface area (Å²) in [4.78, 5) is 22.2. The third-order valence-corrected chi connectivity index (χ3v) is 5.81. The highest BCUT2D eigenvalue weighted by Gasteiger charge is 2.30. The van der Waals surface area contributed by atoms with Gasteiger partial charge in [0.1, 0.15) is 12.7 Å². The number of aromatic nitrogens is 1. The Balaban J connectivity index is 1.87. The molecule has 1 aliphatic heterocycles. The van der Waals surface area contributed by atoms with Crippen molar-refractivity contribution in [1.82, 2.24) is 9.88 Å². The van der Waals surface area contributed by atoms with Crippen LogP contribution >= 0.6 is 11.8 Å². The van der Waals surface area contributed by atoms with E-state index < -0.39 is 12.1 Å². The first-order valence-electron chi connectivity index (χ1n) is 8.98. The molecular formula is C21H20N2O4S. The number of thioether (sulfide) groups is 1. The number of carbonyl (C=O) groups is 2. The highest BCUT2D eigenvalue weighted by atomic mass is 32.2. The number of aliphatic carboxylic acids is 1. The topological polar surface area (TPSA) is 80.6 Å². The van der Waals surface area contributed by atoms with Gasteiger partial charge in [0, 0.05) is 28.8 Å². The van der Waals surface area contributed by atoms with Gasteiger partial charge in [0.15, 0.2) is 0 Å². The largest absolute Gasteiger partial charge is 0.480 e. The van der Waals surface area contributed by atoms with Crippen molar-refractivity contribution in [1.29, 1.82) is 0 Å². The van der Waals surface area contributed by atoms with Crippen molar-refractivity contribution in [2.45, 2.75) is 18.7 Å². The molecule has 0 radical (unpaired) electrons. The third kappa shape index (κ3) is 3.50. The second kappa shape index (κ2) is 8.08. The molecule has 144 valence electrons. The fourth-order valence-corrected chi connectivity index (χ4v) is 4.73. The molecule has 28 heavy (non-hydrogen) atoms. The predicted octanol–water partition coefficient (Wildman–Crippen LogP) is 1.30. The average Bonchev–Trinajstić information content (AvgIpc) is 3.03. The summed E-state index contributed by atoms with van der Waals surface area (Å²) in [6.45, 7) is 0.302. The van der Waals surface area contributed by atoms with E-state index in [2.05, 4.69) is 27.4 Å². The molecule has 0 fully saturated rings. The van der Waals surface area contributed by atoms with Crippen molar-refractivity contribution >= 4 is 35.6 Å². The number of benzene rings is 1.